The van der Waals surface area contributed by atoms with E-state index in [1.165, 1.54) is 154 Å². The molecule has 86 heavy (non-hydrogen) atoms. The molecule has 17 nitrogen and oxygen atoms in total. The van der Waals surface area contributed by atoms with Gasteiger partial charge in [-0.15, -0.1) is 0 Å². The van der Waals surface area contributed by atoms with Crippen molar-refractivity contribution in [2.24, 2.45) is 5.92 Å². The van der Waals surface area contributed by atoms with E-state index in [2.05, 4.69) is 34.6 Å². The highest BCUT2D eigenvalue weighted by Gasteiger charge is 2.30. The molecule has 0 spiro atoms. The van der Waals surface area contributed by atoms with Gasteiger partial charge in [0.05, 0.1) is 26.4 Å². The van der Waals surface area contributed by atoms with Gasteiger partial charge in [0.25, 0.3) is 0 Å². The molecule has 0 bridgehead atoms. The summed E-state index contributed by atoms with van der Waals surface area (Å²) in [5, 5.41) is 10.5. The number of carbonyl (C=O) groups is 4. The van der Waals surface area contributed by atoms with Crippen LogP contribution in [-0.2, 0) is 65.4 Å². The number of ether oxygens (including phenoxy) is 4. The monoisotopic (exact) mass is 1270 g/mol. The van der Waals surface area contributed by atoms with E-state index < -0.39 is 97.5 Å². The van der Waals surface area contributed by atoms with Gasteiger partial charge in [-0.2, -0.15) is 0 Å². The zero-order valence-corrected chi connectivity index (χ0v) is 57.2. The van der Waals surface area contributed by atoms with Gasteiger partial charge in [-0.1, -0.05) is 291 Å². The molecule has 0 aliphatic carbocycles. The molecule has 19 heteroatoms. The Bertz CT molecular complexity index is 1670. The van der Waals surface area contributed by atoms with Crippen LogP contribution in [0.1, 0.15) is 343 Å². The van der Waals surface area contributed by atoms with Crippen molar-refractivity contribution in [2.45, 2.75) is 361 Å². The number of carbonyl (C=O) groups excluding carboxylic acids is 4. The average molecular weight is 1270 g/mol. The largest absolute Gasteiger partial charge is 0.472 e. The van der Waals surface area contributed by atoms with Gasteiger partial charge < -0.3 is 33.8 Å². The quantitative estimate of drug-likeness (QED) is 0.0222. The van der Waals surface area contributed by atoms with Gasteiger partial charge in [-0.05, 0) is 31.6 Å². The van der Waals surface area contributed by atoms with Crippen molar-refractivity contribution in [1.82, 2.24) is 0 Å². The van der Waals surface area contributed by atoms with Crippen LogP contribution in [0.15, 0.2) is 0 Å². The molecule has 0 radical (unpaired) electrons. The average Bonchev–Trinajstić information content (AvgIpc) is 3.67. The standard InChI is InChI=1S/C67H130O17P2/c1-6-9-12-15-18-21-22-23-24-25-29-32-37-41-46-51-65(70)78-57-63(84-67(72)53-48-43-38-33-30-27-26-28-31-34-39-44-49-60(4)5)59-82-86(75,76)80-55-61(68)54-79-85(73,74)81-58-62(83-66(71)52-47-42-36-20-17-14-11-8-3)56-77-64(69)50-45-40-35-19-16-13-10-7-2/h60-63,68H,6-59H2,1-5H3,(H,73,74)(H,75,76)/t61-,62+,63+/m0/s1. The molecule has 510 valence electrons. The van der Waals surface area contributed by atoms with Crippen molar-refractivity contribution in [3.63, 3.8) is 0 Å². The van der Waals surface area contributed by atoms with Crippen molar-refractivity contribution in [3.05, 3.63) is 0 Å². The Labute approximate surface area is 524 Å². The Kier molecular flexibility index (Phi) is 59.2. The number of hydrogen-bond donors (Lipinski definition) is 3. The molecule has 0 saturated carbocycles. The molecule has 0 fully saturated rings. The number of esters is 4. The van der Waals surface area contributed by atoms with E-state index in [9.17, 15) is 43.2 Å². The Hall–Kier alpha value is -1.94. The highest BCUT2D eigenvalue weighted by Crippen LogP contribution is 2.45. The van der Waals surface area contributed by atoms with Gasteiger partial charge in [-0.25, -0.2) is 9.13 Å². The highest BCUT2D eigenvalue weighted by atomic mass is 31.2. The van der Waals surface area contributed by atoms with Crippen molar-refractivity contribution in [1.29, 1.82) is 0 Å². The zero-order valence-electron chi connectivity index (χ0n) is 55.4. The lowest BCUT2D eigenvalue weighted by molar-refractivity contribution is -0.161. The minimum absolute atomic E-state index is 0.105. The summed E-state index contributed by atoms with van der Waals surface area (Å²) in [7, 11) is -9.88. The first-order valence-corrected chi connectivity index (χ1v) is 38.1. The summed E-state index contributed by atoms with van der Waals surface area (Å²) in [6.45, 7) is 7.18. The number of phosphoric ester groups is 2. The molecule has 0 saturated heterocycles. The van der Waals surface area contributed by atoms with Crippen molar-refractivity contribution in [3.8, 4) is 0 Å². The molecule has 0 aromatic carbocycles. The summed E-state index contributed by atoms with van der Waals surface area (Å²) in [6, 6.07) is 0. The summed E-state index contributed by atoms with van der Waals surface area (Å²) in [4.78, 5) is 72.2. The topological polar surface area (TPSA) is 237 Å². The lowest BCUT2D eigenvalue weighted by Crippen LogP contribution is -2.30. The Morgan fingerprint density at radius 3 is 0.791 bits per heavy atom. The predicted molar refractivity (Wildman–Crippen MR) is 345 cm³/mol. The number of phosphoric acid groups is 2. The van der Waals surface area contributed by atoms with Gasteiger partial charge in [0.2, 0.25) is 0 Å². The van der Waals surface area contributed by atoms with E-state index in [1.807, 2.05) is 0 Å². The van der Waals surface area contributed by atoms with Crippen LogP contribution in [-0.4, -0.2) is 96.7 Å². The molecule has 0 amide bonds. The first kappa shape index (κ1) is 84.1. The number of aliphatic hydroxyl groups excluding tert-OH is 1. The first-order valence-electron chi connectivity index (χ1n) is 35.1. The third-order valence-electron chi connectivity index (χ3n) is 15.5. The van der Waals surface area contributed by atoms with Gasteiger partial charge >= 0.3 is 39.5 Å². The van der Waals surface area contributed by atoms with Crippen LogP contribution in [0.2, 0.25) is 0 Å². The molecule has 0 aromatic rings. The van der Waals surface area contributed by atoms with Gasteiger partial charge in [0.1, 0.15) is 19.3 Å². The number of aliphatic hydroxyl groups is 1. The van der Waals surface area contributed by atoms with Crippen LogP contribution in [0, 0.1) is 5.92 Å². The molecular weight excluding hydrogens is 1140 g/mol. The minimum atomic E-state index is -4.95. The molecule has 0 rings (SSSR count). The van der Waals surface area contributed by atoms with E-state index in [-0.39, 0.29) is 25.7 Å². The number of hydrogen-bond acceptors (Lipinski definition) is 15. The van der Waals surface area contributed by atoms with Crippen LogP contribution < -0.4 is 0 Å². The maximum Gasteiger partial charge on any atom is 0.472 e. The van der Waals surface area contributed by atoms with E-state index >= 15 is 0 Å². The summed E-state index contributed by atoms with van der Waals surface area (Å²) in [6.07, 6.45) is 45.9. The summed E-state index contributed by atoms with van der Waals surface area (Å²) < 4.78 is 68.0. The van der Waals surface area contributed by atoms with Crippen LogP contribution in [0.5, 0.6) is 0 Å². The molecule has 5 atom stereocenters. The summed E-state index contributed by atoms with van der Waals surface area (Å²) >= 11 is 0. The molecule has 0 aromatic heterocycles. The van der Waals surface area contributed by atoms with Crippen LogP contribution in [0.4, 0.5) is 0 Å². The van der Waals surface area contributed by atoms with Gasteiger partial charge in [-0.3, -0.25) is 37.3 Å². The second-order valence-electron chi connectivity index (χ2n) is 24.7. The Morgan fingerprint density at radius 2 is 0.535 bits per heavy atom. The fraction of sp³-hybridized carbons (Fsp3) is 0.940. The van der Waals surface area contributed by atoms with E-state index in [0.29, 0.717) is 25.7 Å². The van der Waals surface area contributed by atoms with Crippen LogP contribution in [0.3, 0.4) is 0 Å². The lowest BCUT2D eigenvalue weighted by atomic mass is 10.0. The fourth-order valence-corrected chi connectivity index (χ4v) is 11.7. The fourth-order valence-electron chi connectivity index (χ4n) is 10.1. The molecule has 2 unspecified atom stereocenters. The lowest BCUT2D eigenvalue weighted by Gasteiger charge is -2.21. The molecule has 0 aliphatic rings. The smallest absolute Gasteiger partial charge is 0.462 e. The highest BCUT2D eigenvalue weighted by molar-refractivity contribution is 7.47. The van der Waals surface area contributed by atoms with E-state index in [1.54, 1.807) is 0 Å². The van der Waals surface area contributed by atoms with Crippen LogP contribution >= 0.6 is 15.6 Å². The molecular formula is C67H130O17P2. The molecule has 0 heterocycles. The summed E-state index contributed by atoms with van der Waals surface area (Å²) in [5.74, 6) is -1.35. The first-order chi connectivity index (χ1) is 41.5. The maximum atomic E-state index is 13.0. The normalized spacial score (nSPS) is 14.2. The molecule has 0 aliphatic heterocycles. The van der Waals surface area contributed by atoms with Crippen molar-refractivity contribution in [2.75, 3.05) is 39.6 Å². The number of unbranched alkanes of at least 4 members (excludes halogenated alkanes) is 39. The van der Waals surface area contributed by atoms with Crippen molar-refractivity contribution < 1.29 is 80.2 Å². The zero-order chi connectivity index (χ0) is 63.5. The second kappa shape index (κ2) is 60.6. The maximum absolute atomic E-state index is 13.0. The van der Waals surface area contributed by atoms with Crippen LogP contribution in [0.25, 0.3) is 0 Å². The van der Waals surface area contributed by atoms with E-state index in [4.69, 9.17) is 37.0 Å². The van der Waals surface area contributed by atoms with Gasteiger partial charge in [0.15, 0.2) is 12.2 Å². The second-order valence-corrected chi connectivity index (χ2v) is 27.6. The van der Waals surface area contributed by atoms with E-state index in [0.717, 1.165) is 109 Å². The number of rotatable bonds is 67. The van der Waals surface area contributed by atoms with Gasteiger partial charge in [0, 0.05) is 25.7 Å². The minimum Gasteiger partial charge on any atom is -0.462 e. The van der Waals surface area contributed by atoms with Crippen molar-refractivity contribution >= 4 is 39.5 Å². The predicted octanol–water partition coefficient (Wildman–Crippen LogP) is 19.0. The third kappa shape index (κ3) is 60.9. The molecule has 3 N–H and O–H groups in total. The SMILES string of the molecule is CCCCCCCCCCCCCCCCCC(=O)OC[C@H](COP(=O)(O)OC[C@@H](O)COP(=O)(O)OC[C@@H](COC(=O)CCCCCCCCCC)OC(=O)CCCCCCCCCC)OC(=O)CCCCCCCCCCCCCCC(C)C. The Balaban J connectivity index is 5.19. The Morgan fingerprint density at radius 1 is 0.314 bits per heavy atom. The summed E-state index contributed by atoms with van der Waals surface area (Å²) in [5.41, 5.74) is 0. The third-order valence-corrected chi connectivity index (χ3v) is 17.4.